The number of benzene rings is 1. The second kappa shape index (κ2) is 4.60. The summed E-state index contributed by atoms with van der Waals surface area (Å²) in [6, 6.07) is 6.82. The van der Waals surface area contributed by atoms with Crippen LogP contribution in [0.5, 0.6) is 0 Å². The van der Waals surface area contributed by atoms with Crippen molar-refractivity contribution < 1.29 is 13.2 Å². The third kappa shape index (κ3) is 2.25. The van der Waals surface area contributed by atoms with E-state index < -0.39 is 9.84 Å². The van der Waals surface area contributed by atoms with Crippen LogP contribution in [0.4, 0.5) is 5.69 Å². The zero-order chi connectivity index (χ0) is 14.5. The Kier molecular flexibility index (Phi) is 3.13. The summed E-state index contributed by atoms with van der Waals surface area (Å²) in [5.74, 6) is 0.234. The van der Waals surface area contributed by atoms with Crippen LogP contribution < -0.4 is 4.90 Å². The van der Waals surface area contributed by atoms with Gasteiger partial charge in [-0.3, -0.25) is 10.2 Å². The summed E-state index contributed by atoms with van der Waals surface area (Å²) in [6.45, 7) is 1.50. The van der Waals surface area contributed by atoms with Crippen molar-refractivity contribution in [2.75, 3.05) is 16.4 Å². The van der Waals surface area contributed by atoms with Gasteiger partial charge in [-0.1, -0.05) is 11.8 Å². The largest absolute Gasteiger partial charge is 0.316 e. The molecule has 7 heteroatoms. The smallest absolute Gasteiger partial charge is 0.161 e. The van der Waals surface area contributed by atoms with Gasteiger partial charge in [0.15, 0.2) is 20.8 Å². The molecule has 2 atom stereocenters. The lowest BCUT2D eigenvalue weighted by atomic mass is 10.1. The molecule has 2 saturated heterocycles. The lowest BCUT2D eigenvalue weighted by Crippen LogP contribution is -2.37. The predicted molar refractivity (Wildman–Crippen MR) is 80.5 cm³/mol. The maximum absolute atomic E-state index is 11.7. The maximum Gasteiger partial charge on any atom is 0.161 e. The summed E-state index contributed by atoms with van der Waals surface area (Å²) in [7, 11) is -3.00. The van der Waals surface area contributed by atoms with Gasteiger partial charge in [-0.15, -0.1) is 0 Å². The van der Waals surface area contributed by atoms with Crippen molar-refractivity contribution in [2.24, 2.45) is 0 Å². The minimum atomic E-state index is -3.00. The molecule has 0 radical (unpaired) electrons. The van der Waals surface area contributed by atoms with E-state index >= 15 is 0 Å². The lowest BCUT2D eigenvalue weighted by Gasteiger charge is -2.23. The van der Waals surface area contributed by atoms with Crippen LogP contribution in [0.2, 0.25) is 0 Å². The van der Waals surface area contributed by atoms with Gasteiger partial charge in [-0.2, -0.15) is 0 Å². The number of fused-ring (bicyclic) bond motifs is 1. The first-order valence-corrected chi connectivity index (χ1v) is 8.93. The van der Waals surface area contributed by atoms with E-state index in [1.54, 1.807) is 29.2 Å². The molecule has 2 aliphatic heterocycles. The van der Waals surface area contributed by atoms with Crippen molar-refractivity contribution in [3.63, 3.8) is 0 Å². The Morgan fingerprint density at radius 3 is 2.55 bits per heavy atom. The molecule has 1 aromatic carbocycles. The number of amidine groups is 1. The molecule has 2 fully saturated rings. The molecule has 2 heterocycles. The molecular weight excluding hydrogens is 296 g/mol. The average Bonchev–Trinajstić information content (AvgIpc) is 2.79. The van der Waals surface area contributed by atoms with Crippen LogP contribution in [-0.2, 0) is 9.84 Å². The maximum atomic E-state index is 11.7. The normalized spacial score (nSPS) is 27.6. The van der Waals surface area contributed by atoms with E-state index in [1.165, 1.54) is 18.7 Å². The van der Waals surface area contributed by atoms with Crippen LogP contribution in [-0.4, -0.2) is 42.2 Å². The Hall–Kier alpha value is -1.34. The second-order valence-corrected chi connectivity index (χ2v) is 8.46. The van der Waals surface area contributed by atoms with Crippen molar-refractivity contribution in [1.29, 1.82) is 5.41 Å². The number of hydrogen-bond acceptors (Lipinski definition) is 5. The first-order valence-electron chi connectivity index (χ1n) is 6.23. The van der Waals surface area contributed by atoms with E-state index in [0.29, 0.717) is 10.7 Å². The third-order valence-corrected chi connectivity index (χ3v) is 6.77. The van der Waals surface area contributed by atoms with Crippen LogP contribution in [0, 0.1) is 5.41 Å². The molecule has 1 aromatic rings. The monoisotopic (exact) mass is 310 g/mol. The van der Waals surface area contributed by atoms with E-state index in [2.05, 4.69) is 0 Å². The summed E-state index contributed by atoms with van der Waals surface area (Å²) >= 11 is 1.31. The van der Waals surface area contributed by atoms with Crippen LogP contribution in [0.15, 0.2) is 24.3 Å². The molecule has 2 aliphatic rings. The Morgan fingerprint density at radius 2 is 1.95 bits per heavy atom. The molecule has 3 rings (SSSR count). The molecule has 20 heavy (non-hydrogen) atoms. The second-order valence-electron chi connectivity index (χ2n) is 5.08. The highest BCUT2D eigenvalue weighted by Crippen LogP contribution is 2.40. The number of nitrogens with zero attached hydrogens (tertiary/aromatic N) is 1. The van der Waals surface area contributed by atoms with Gasteiger partial charge in [-0.25, -0.2) is 8.42 Å². The number of thioether (sulfide) groups is 1. The van der Waals surface area contributed by atoms with Crippen molar-refractivity contribution in [3.05, 3.63) is 29.8 Å². The molecule has 106 valence electrons. The van der Waals surface area contributed by atoms with Gasteiger partial charge in [0.25, 0.3) is 0 Å². The zero-order valence-corrected chi connectivity index (χ0v) is 12.5. The highest BCUT2D eigenvalue weighted by atomic mass is 32.2. The van der Waals surface area contributed by atoms with Gasteiger partial charge in [0.2, 0.25) is 0 Å². The van der Waals surface area contributed by atoms with E-state index in [4.69, 9.17) is 5.41 Å². The number of carbonyl (C=O) groups is 1. The molecule has 1 N–H and O–H groups in total. The number of anilines is 1. The fourth-order valence-corrected chi connectivity index (χ4v) is 6.46. The standard InChI is InChI=1S/C13H14N2O3S2/c1-8(16)9-2-4-10(5-3-9)15-11-6-20(17,18)7-12(11)19-13(15)14/h2-5,11-12,14H,6-7H2,1H3/t11-,12-/m0/s1. The van der Waals surface area contributed by atoms with E-state index in [-0.39, 0.29) is 28.6 Å². The first kappa shape index (κ1) is 13.6. The fourth-order valence-electron chi connectivity index (χ4n) is 2.67. The molecule has 0 aliphatic carbocycles. The van der Waals surface area contributed by atoms with E-state index in [1.807, 2.05) is 0 Å². The molecule has 0 bridgehead atoms. The van der Waals surface area contributed by atoms with Gasteiger partial charge < -0.3 is 4.90 Å². The van der Waals surface area contributed by atoms with Gasteiger partial charge in [0.05, 0.1) is 17.5 Å². The predicted octanol–water partition coefficient (Wildman–Crippen LogP) is 1.54. The molecule has 0 unspecified atom stereocenters. The summed E-state index contributed by atoms with van der Waals surface area (Å²) in [5.41, 5.74) is 1.39. The minimum absolute atomic E-state index is 0.0104. The first-order chi connectivity index (χ1) is 9.37. The molecule has 0 amide bonds. The summed E-state index contributed by atoms with van der Waals surface area (Å²) in [6.07, 6.45) is 0. The van der Waals surface area contributed by atoms with Crippen molar-refractivity contribution >= 4 is 38.2 Å². The number of carbonyl (C=O) groups excluding carboxylic acids is 1. The van der Waals surface area contributed by atoms with Gasteiger partial charge in [0, 0.05) is 16.5 Å². The summed E-state index contributed by atoms with van der Waals surface area (Å²) in [5, 5.41) is 8.36. The van der Waals surface area contributed by atoms with Crippen molar-refractivity contribution in [3.8, 4) is 0 Å². The SMILES string of the molecule is CC(=O)c1ccc(N2C(=N)S[C@H]3CS(=O)(=O)C[C@@H]32)cc1. The highest BCUT2D eigenvalue weighted by molar-refractivity contribution is 8.15. The molecule has 0 saturated carbocycles. The van der Waals surface area contributed by atoms with Gasteiger partial charge in [-0.05, 0) is 31.2 Å². The van der Waals surface area contributed by atoms with Crippen LogP contribution in [0.3, 0.4) is 0 Å². The fraction of sp³-hybridized carbons (Fsp3) is 0.385. The Labute approximate surface area is 121 Å². The Bertz CT molecular complexity index is 682. The number of hydrogen-bond donors (Lipinski definition) is 1. The van der Waals surface area contributed by atoms with Crippen LogP contribution in [0.1, 0.15) is 17.3 Å². The number of rotatable bonds is 2. The number of sulfone groups is 1. The molecule has 0 spiro atoms. The summed E-state index contributed by atoms with van der Waals surface area (Å²) in [4.78, 5) is 13.0. The van der Waals surface area contributed by atoms with Crippen LogP contribution >= 0.6 is 11.8 Å². The lowest BCUT2D eigenvalue weighted by molar-refractivity contribution is 0.101. The minimum Gasteiger partial charge on any atom is -0.316 e. The van der Waals surface area contributed by atoms with E-state index in [9.17, 15) is 13.2 Å². The van der Waals surface area contributed by atoms with Crippen molar-refractivity contribution in [2.45, 2.75) is 18.2 Å². The summed E-state index contributed by atoms with van der Waals surface area (Å²) < 4.78 is 23.4. The van der Waals surface area contributed by atoms with Crippen LogP contribution in [0.25, 0.3) is 0 Å². The Balaban J connectivity index is 1.93. The average molecular weight is 310 g/mol. The van der Waals surface area contributed by atoms with E-state index in [0.717, 1.165) is 5.69 Å². The van der Waals surface area contributed by atoms with Gasteiger partial charge >= 0.3 is 0 Å². The molecule has 0 aromatic heterocycles. The number of Topliss-reactive ketones (excluding diaryl/α,β-unsaturated/α-hetero) is 1. The number of nitrogens with one attached hydrogen (secondary N) is 1. The quantitative estimate of drug-likeness (QED) is 0.838. The zero-order valence-electron chi connectivity index (χ0n) is 10.9. The molecule has 5 nitrogen and oxygen atoms in total. The highest BCUT2D eigenvalue weighted by Gasteiger charge is 2.48. The third-order valence-electron chi connectivity index (χ3n) is 3.64. The number of ketones is 1. The van der Waals surface area contributed by atoms with Crippen molar-refractivity contribution in [1.82, 2.24) is 0 Å². The Morgan fingerprint density at radius 1 is 1.30 bits per heavy atom. The molecular formula is C13H14N2O3S2. The topological polar surface area (TPSA) is 78.3 Å². The van der Waals surface area contributed by atoms with Gasteiger partial charge in [0.1, 0.15) is 0 Å².